The van der Waals surface area contributed by atoms with Gasteiger partial charge in [-0.05, 0) is 31.0 Å². The molecule has 1 aromatic carbocycles. The molecule has 0 saturated carbocycles. The van der Waals surface area contributed by atoms with Gasteiger partial charge >= 0.3 is 0 Å². The van der Waals surface area contributed by atoms with Gasteiger partial charge in [-0.15, -0.1) is 5.10 Å². The number of H-pyrrole nitrogens is 1. The summed E-state index contributed by atoms with van der Waals surface area (Å²) in [6.45, 7) is 0.938. The van der Waals surface area contributed by atoms with Crippen LogP contribution in [0.15, 0.2) is 34.9 Å². The number of anilines is 1. The molecule has 1 amide bonds. The molecule has 3 aromatic rings. The van der Waals surface area contributed by atoms with Gasteiger partial charge in [-0.25, -0.2) is 0 Å². The van der Waals surface area contributed by atoms with Crippen LogP contribution >= 0.6 is 15.9 Å². The van der Waals surface area contributed by atoms with E-state index in [9.17, 15) is 4.79 Å². The summed E-state index contributed by atoms with van der Waals surface area (Å²) in [5.74, 6) is 0.770. The van der Waals surface area contributed by atoms with E-state index >= 15 is 0 Å². The first-order chi connectivity index (χ1) is 11.7. The van der Waals surface area contributed by atoms with Crippen molar-refractivity contribution in [3.63, 3.8) is 0 Å². The molecule has 2 aromatic heterocycles. The lowest BCUT2D eigenvalue weighted by molar-refractivity contribution is -0.116. The van der Waals surface area contributed by atoms with Gasteiger partial charge < -0.3 is 9.30 Å². The zero-order valence-electron chi connectivity index (χ0n) is 12.8. The Hall–Kier alpha value is -2.19. The molecule has 0 aliphatic carbocycles. The molecule has 1 unspecified atom stereocenters. The lowest BCUT2D eigenvalue weighted by Crippen LogP contribution is -2.19. The first kappa shape index (κ1) is 15.3. The van der Waals surface area contributed by atoms with E-state index in [0.717, 1.165) is 34.8 Å². The molecule has 3 heterocycles. The molecule has 1 aliphatic heterocycles. The molecule has 24 heavy (non-hydrogen) atoms. The normalized spacial score (nSPS) is 17.5. The molecule has 2 N–H and O–H groups in total. The molecular formula is C16H16BrN5O2. The standard InChI is InChI=1S/C16H16BrN5O2/c17-11-3-1-4-12-10(11)6-7-22(12)9-14(23)18-16-19-15(20-21-16)13-5-2-8-24-13/h1,3-4,6-7,13H,2,5,8-9H2,(H2,18,19,20,21,23). The summed E-state index contributed by atoms with van der Waals surface area (Å²) in [4.78, 5) is 16.6. The number of carbonyl (C=O) groups is 1. The molecule has 124 valence electrons. The Bertz CT molecular complexity index is 882. The number of aromatic amines is 1. The molecular weight excluding hydrogens is 374 g/mol. The molecule has 4 rings (SSSR count). The van der Waals surface area contributed by atoms with E-state index < -0.39 is 0 Å². The highest BCUT2D eigenvalue weighted by Crippen LogP contribution is 2.26. The maximum absolute atomic E-state index is 12.3. The van der Waals surface area contributed by atoms with Crippen LogP contribution in [0.1, 0.15) is 24.8 Å². The summed E-state index contributed by atoms with van der Waals surface area (Å²) in [5, 5.41) is 10.7. The van der Waals surface area contributed by atoms with Gasteiger partial charge in [-0.2, -0.15) is 4.98 Å². The van der Waals surface area contributed by atoms with Crippen LogP contribution in [0.4, 0.5) is 5.95 Å². The summed E-state index contributed by atoms with van der Waals surface area (Å²) >= 11 is 3.52. The number of fused-ring (bicyclic) bond motifs is 1. The highest BCUT2D eigenvalue weighted by atomic mass is 79.9. The Morgan fingerprint density at radius 2 is 2.38 bits per heavy atom. The predicted molar refractivity (Wildman–Crippen MR) is 92.6 cm³/mol. The van der Waals surface area contributed by atoms with Crippen molar-refractivity contribution in [1.82, 2.24) is 19.7 Å². The van der Waals surface area contributed by atoms with Crippen molar-refractivity contribution >= 4 is 38.7 Å². The average molecular weight is 390 g/mol. The van der Waals surface area contributed by atoms with Crippen molar-refractivity contribution < 1.29 is 9.53 Å². The second-order valence-electron chi connectivity index (χ2n) is 5.71. The maximum Gasteiger partial charge on any atom is 0.248 e. The highest BCUT2D eigenvalue weighted by molar-refractivity contribution is 9.10. The second kappa shape index (κ2) is 6.37. The number of carbonyl (C=O) groups excluding carboxylic acids is 1. The largest absolute Gasteiger partial charge is 0.370 e. The summed E-state index contributed by atoms with van der Waals surface area (Å²) in [6.07, 6.45) is 3.79. The zero-order valence-corrected chi connectivity index (χ0v) is 14.4. The quantitative estimate of drug-likeness (QED) is 0.717. The Morgan fingerprint density at radius 1 is 1.46 bits per heavy atom. The number of hydrogen-bond donors (Lipinski definition) is 2. The number of benzene rings is 1. The van der Waals surface area contributed by atoms with Gasteiger partial charge in [0.15, 0.2) is 5.82 Å². The summed E-state index contributed by atoms with van der Waals surface area (Å²) < 4.78 is 8.45. The maximum atomic E-state index is 12.3. The minimum atomic E-state index is -0.176. The molecule has 0 bridgehead atoms. The fraction of sp³-hybridized carbons (Fsp3) is 0.312. The Labute approximate surface area is 146 Å². The number of rotatable bonds is 4. The fourth-order valence-electron chi connectivity index (χ4n) is 2.91. The van der Waals surface area contributed by atoms with E-state index in [1.165, 1.54) is 0 Å². The minimum absolute atomic E-state index is 0.0473. The number of aromatic nitrogens is 4. The van der Waals surface area contributed by atoms with E-state index in [-0.39, 0.29) is 24.5 Å². The van der Waals surface area contributed by atoms with Crippen LogP contribution in [0.3, 0.4) is 0 Å². The topological polar surface area (TPSA) is 84.8 Å². The van der Waals surface area contributed by atoms with E-state index in [1.54, 1.807) is 0 Å². The second-order valence-corrected chi connectivity index (χ2v) is 6.56. The van der Waals surface area contributed by atoms with Crippen LogP contribution in [-0.4, -0.2) is 32.3 Å². The average Bonchev–Trinajstić information content (AvgIpc) is 3.28. The first-order valence-electron chi connectivity index (χ1n) is 7.78. The van der Waals surface area contributed by atoms with Crippen LogP contribution in [0.25, 0.3) is 10.9 Å². The molecule has 0 radical (unpaired) electrons. The first-order valence-corrected chi connectivity index (χ1v) is 8.57. The van der Waals surface area contributed by atoms with Gasteiger partial charge in [0.1, 0.15) is 12.6 Å². The third-order valence-corrected chi connectivity index (χ3v) is 4.75. The lowest BCUT2D eigenvalue weighted by atomic mass is 10.2. The van der Waals surface area contributed by atoms with Crippen molar-refractivity contribution in [2.24, 2.45) is 0 Å². The van der Waals surface area contributed by atoms with Gasteiger partial charge in [-0.3, -0.25) is 15.2 Å². The molecule has 7 nitrogen and oxygen atoms in total. The van der Waals surface area contributed by atoms with Crippen LogP contribution in [-0.2, 0) is 16.1 Å². The molecule has 1 atom stereocenters. The number of hydrogen-bond acceptors (Lipinski definition) is 4. The minimum Gasteiger partial charge on any atom is -0.370 e. The Balaban J connectivity index is 1.45. The molecule has 0 spiro atoms. The van der Waals surface area contributed by atoms with Gasteiger partial charge in [-0.1, -0.05) is 22.0 Å². The summed E-state index contributed by atoms with van der Waals surface area (Å²) in [7, 11) is 0. The van der Waals surface area contributed by atoms with Gasteiger partial charge in [0.2, 0.25) is 11.9 Å². The van der Waals surface area contributed by atoms with E-state index in [2.05, 4.69) is 36.4 Å². The van der Waals surface area contributed by atoms with Crippen molar-refractivity contribution in [3.8, 4) is 0 Å². The highest BCUT2D eigenvalue weighted by Gasteiger charge is 2.21. The molecule has 1 aliphatic rings. The smallest absolute Gasteiger partial charge is 0.248 e. The summed E-state index contributed by atoms with van der Waals surface area (Å²) in [5.41, 5.74) is 0.995. The number of ether oxygens (including phenoxy) is 1. The molecule has 1 fully saturated rings. The van der Waals surface area contributed by atoms with E-state index in [1.807, 2.05) is 35.0 Å². The monoisotopic (exact) mass is 389 g/mol. The van der Waals surface area contributed by atoms with Crippen LogP contribution in [0.5, 0.6) is 0 Å². The number of halogens is 1. The number of nitrogens with zero attached hydrogens (tertiary/aromatic N) is 3. The van der Waals surface area contributed by atoms with Crippen molar-refractivity contribution in [3.05, 3.63) is 40.8 Å². The molecule has 8 heteroatoms. The third-order valence-electron chi connectivity index (χ3n) is 4.06. The van der Waals surface area contributed by atoms with Crippen molar-refractivity contribution in [2.75, 3.05) is 11.9 Å². The predicted octanol–water partition coefficient (Wildman–Crippen LogP) is 3.01. The third kappa shape index (κ3) is 2.94. The van der Waals surface area contributed by atoms with Crippen molar-refractivity contribution in [1.29, 1.82) is 0 Å². The lowest BCUT2D eigenvalue weighted by Gasteiger charge is -2.05. The SMILES string of the molecule is O=C(Cn1ccc2c(Br)cccc21)Nc1n[nH]c(C2CCCO2)n1. The van der Waals surface area contributed by atoms with Crippen LogP contribution in [0.2, 0.25) is 0 Å². The Kier molecular flexibility index (Phi) is 4.07. The number of amides is 1. The number of nitrogens with one attached hydrogen (secondary N) is 2. The Morgan fingerprint density at radius 3 is 3.21 bits per heavy atom. The van der Waals surface area contributed by atoms with Crippen LogP contribution in [0, 0.1) is 0 Å². The van der Waals surface area contributed by atoms with Gasteiger partial charge in [0.05, 0.1) is 0 Å². The van der Waals surface area contributed by atoms with E-state index in [0.29, 0.717) is 5.82 Å². The van der Waals surface area contributed by atoms with Crippen LogP contribution < -0.4 is 5.32 Å². The summed E-state index contributed by atoms with van der Waals surface area (Å²) in [6, 6.07) is 7.89. The van der Waals surface area contributed by atoms with Gasteiger partial charge in [0, 0.05) is 28.2 Å². The molecule has 1 saturated heterocycles. The fourth-order valence-corrected chi connectivity index (χ4v) is 3.40. The van der Waals surface area contributed by atoms with E-state index in [4.69, 9.17) is 4.74 Å². The zero-order chi connectivity index (χ0) is 16.5. The van der Waals surface area contributed by atoms with Gasteiger partial charge in [0.25, 0.3) is 0 Å². The van der Waals surface area contributed by atoms with Crippen molar-refractivity contribution in [2.45, 2.75) is 25.5 Å².